The molecule has 0 bridgehead atoms. The lowest BCUT2D eigenvalue weighted by Crippen LogP contribution is -1.90. The van der Waals surface area contributed by atoms with E-state index in [0.29, 0.717) is 0 Å². The molecule has 1 aromatic rings. The highest BCUT2D eigenvalue weighted by atomic mass is 32.2. The number of methoxy groups -OCH3 is 1. The summed E-state index contributed by atoms with van der Waals surface area (Å²) in [4.78, 5) is 0. The van der Waals surface area contributed by atoms with Crippen LogP contribution < -0.4 is 4.74 Å². The monoisotopic (exact) mass is 223 g/mol. The molecule has 2 heteroatoms. The molecule has 0 amide bonds. The molecule has 0 unspecified atom stereocenters. The largest absolute Gasteiger partial charge is 0.497 e. The number of benzene rings is 1. The molecule has 0 aromatic heterocycles. The minimum Gasteiger partial charge on any atom is -0.497 e. The van der Waals surface area contributed by atoms with Crippen molar-refractivity contribution in [2.75, 3.05) is 13.4 Å². The quantitative estimate of drug-likeness (QED) is 0.676. The van der Waals surface area contributed by atoms with Crippen molar-refractivity contribution in [3.63, 3.8) is 0 Å². The zero-order valence-electron chi connectivity index (χ0n) is 9.75. The van der Waals surface area contributed by atoms with Gasteiger partial charge in [-0.15, -0.1) is 0 Å². The molecule has 0 saturated carbocycles. The molecule has 0 aliphatic carbocycles. The first-order valence-electron chi connectivity index (χ1n) is 5.25. The first-order chi connectivity index (χ1) is 7.26. The first kappa shape index (κ1) is 12.3. The van der Waals surface area contributed by atoms with Crippen LogP contribution in [0.1, 0.15) is 25.3 Å². The summed E-state index contributed by atoms with van der Waals surface area (Å²) in [6.07, 6.45) is 5.70. The Labute approximate surface area is 97.2 Å². The minimum absolute atomic E-state index is 0.957. The average Bonchev–Trinajstić information content (AvgIpc) is 2.29. The zero-order chi connectivity index (χ0) is 11.1. The summed E-state index contributed by atoms with van der Waals surface area (Å²) in [5.74, 6) is 0.957. The second kappa shape index (κ2) is 6.67. The third kappa shape index (κ3) is 4.52. The van der Waals surface area contributed by atoms with E-state index in [9.17, 15) is 0 Å². The molecule has 15 heavy (non-hydrogen) atoms. The third-order valence-corrected chi connectivity index (χ3v) is 3.38. The molecular weight excluding hydrogens is 204 g/mol. The third-order valence-electron chi connectivity index (χ3n) is 2.48. The van der Waals surface area contributed by atoms with E-state index < -0.39 is 0 Å². The van der Waals surface area contributed by atoms with E-state index in [1.54, 1.807) is 7.11 Å². The Morgan fingerprint density at radius 1 is 1.40 bits per heavy atom. The van der Waals surface area contributed by atoms with Gasteiger partial charge in [-0.2, -0.15) is 0 Å². The Balaban J connectivity index is 2.37. The van der Waals surface area contributed by atoms with Crippen LogP contribution in [-0.2, 0) is 6.42 Å². The van der Waals surface area contributed by atoms with Crippen LogP contribution in [0.2, 0.25) is 0 Å². The number of hydrogen-bond acceptors (Lipinski definition) is 2. The molecule has 82 valence electrons. The first-order valence-corrected chi connectivity index (χ1v) is 6.48. The second-order valence-corrected chi connectivity index (χ2v) is 4.72. The predicted octanol–water partition coefficient (Wildman–Crippen LogP) is 3.93. The van der Waals surface area contributed by atoms with Crippen LogP contribution >= 0.6 is 11.8 Å². The smallest absolute Gasteiger partial charge is 0.153 e. The Kier molecular flexibility index (Phi) is 5.48. The Morgan fingerprint density at radius 3 is 2.87 bits per heavy atom. The number of rotatable bonds is 6. The molecule has 1 aromatic carbocycles. The van der Waals surface area contributed by atoms with Gasteiger partial charge in [0.05, 0.1) is 25.8 Å². The lowest BCUT2D eigenvalue weighted by atomic mass is 10.1. The fraction of sp³-hybridized carbons (Fsp3) is 0.462. The molecule has 0 aliphatic heterocycles. The molecule has 0 fully saturated rings. The van der Waals surface area contributed by atoms with Crippen molar-refractivity contribution in [2.24, 2.45) is 0 Å². The van der Waals surface area contributed by atoms with E-state index in [1.165, 1.54) is 23.7 Å². The van der Waals surface area contributed by atoms with Gasteiger partial charge >= 0.3 is 0 Å². The number of hydrogen-bond donors (Lipinski definition) is 0. The molecular formula is C13H19OS+. The molecule has 0 atom stereocenters. The molecule has 0 radical (unpaired) electrons. The van der Waals surface area contributed by atoms with E-state index in [1.807, 2.05) is 17.8 Å². The summed E-state index contributed by atoms with van der Waals surface area (Å²) in [6.45, 7) is 2.20. The highest BCUT2D eigenvalue weighted by molar-refractivity contribution is 8.01. The normalized spacial score (nSPS) is 10.1. The van der Waals surface area contributed by atoms with Gasteiger partial charge < -0.3 is 4.74 Å². The highest BCUT2D eigenvalue weighted by Crippen LogP contribution is 2.22. The molecule has 1 rings (SSSR count). The van der Waals surface area contributed by atoms with Gasteiger partial charge in [0.15, 0.2) is 5.25 Å². The summed E-state index contributed by atoms with van der Waals surface area (Å²) in [5.41, 5.74) is 1.36. The maximum Gasteiger partial charge on any atom is 0.153 e. The Bertz CT molecular complexity index is 286. The molecule has 0 N–H and O–H groups in total. The minimum atomic E-state index is 0.957. The van der Waals surface area contributed by atoms with Crippen molar-refractivity contribution in [3.8, 4) is 5.75 Å². The average molecular weight is 223 g/mol. The maximum atomic E-state index is 5.19. The van der Waals surface area contributed by atoms with Crippen molar-refractivity contribution in [1.29, 1.82) is 0 Å². The van der Waals surface area contributed by atoms with Crippen molar-refractivity contribution in [1.82, 2.24) is 0 Å². The van der Waals surface area contributed by atoms with Crippen LogP contribution in [0.15, 0.2) is 24.3 Å². The van der Waals surface area contributed by atoms with Crippen LogP contribution in [-0.4, -0.2) is 13.4 Å². The SMILES string of the molecule is COc1cccc(CCC[C+](C)SC)c1. The van der Waals surface area contributed by atoms with Crippen LogP contribution in [0.5, 0.6) is 5.75 Å². The van der Waals surface area contributed by atoms with E-state index in [0.717, 1.165) is 12.2 Å². The summed E-state index contributed by atoms with van der Waals surface area (Å²) in [6, 6.07) is 8.33. The van der Waals surface area contributed by atoms with Crippen molar-refractivity contribution >= 4 is 11.8 Å². The van der Waals surface area contributed by atoms with Gasteiger partial charge in [-0.1, -0.05) is 12.1 Å². The second-order valence-electron chi connectivity index (χ2n) is 3.61. The van der Waals surface area contributed by atoms with Gasteiger partial charge in [0, 0.05) is 6.26 Å². The summed E-state index contributed by atoms with van der Waals surface area (Å²) >= 11 is 1.86. The topological polar surface area (TPSA) is 9.23 Å². The summed E-state index contributed by atoms with van der Waals surface area (Å²) in [5, 5.41) is 1.51. The Hall–Kier alpha value is -0.760. The van der Waals surface area contributed by atoms with Crippen LogP contribution in [0.4, 0.5) is 0 Å². The van der Waals surface area contributed by atoms with E-state index >= 15 is 0 Å². The standard InChI is InChI=1S/C13H19OS/c1-11(15-3)6-4-7-12-8-5-9-13(10-12)14-2/h5,8-10H,4,6-7H2,1-3H3/q+1. The van der Waals surface area contributed by atoms with Crippen LogP contribution in [0.3, 0.4) is 0 Å². The lowest BCUT2D eigenvalue weighted by Gasteiger charge is -2.03. The van der Waals surface area contributed by atoms with Crippen molar-refractivity contribution in [2.45, 2.75) is 26.2 Å². The van der Waals surface area contributed by atoms with Crippen LogP contribution in [0, 0.1) is 5.25 Å². The van der Waals surface area contributed by atoms with Gasteiger partial charge in [-0.25, -0.2) is 0 Å². The maximum absolute atomic E-state index is 5.19. The fourth-order valence-corrected chi connectivity index (χ4v) is 1.82. The number of thioether (sulfide) groups is 1. The Morgan fingerprint density at radius 2 is 2.20 bits per heavy atom. The molecule has 1 nitrogen and oxygen atoms in total. The molecule has 0 aliphatic rings. The molecule has 0 heterocycles. The van der Waals surface area contributed by atoms with E-state index in [4.69, 9.17) is 4.74 Å². The van der Waals surface area contributed by atoms with E-state index in [2.05, 4.69) is 31.4 Å². The summed E-state index contributed by atoms with van der Waals surface area (Å²) < 4.78 is 5.19. The molecule has 0 spiro atoms. The van der Waals surface area contributed by atoms with Gasteiger partial charge in [0.1, 0.15) is 12.2 Å². The number of ether oxygens (including phenoxy) is 1. The van der Waals surface area contributed by atoms with Gasteiger partial charge in [-0.3, -0.25) is 0 Å². The number of aryl methyl sites for hydroxylation is 1. The summed E-state index contributed by atoms with van der Waals surface area (Å²) in [7, 11) is 1.71. The van der Waals surface area contributed by atoms with Gasteiger partial charge in [-0.05, 0) is 30.5 Å². The molecule has 0 saturated heterocycles. The van der Waals surface area contributed by atoms with Gasteiger partial charge in [0.25, 0.3) is 0 Å². The van der Waals surface area contributed by atoms with Crippen LogP contribution in [0.25, 0.3) is 0 Å². The van der Waals surface area contributed by atoms with Crippen molar-refractivity contribution in [3.05, 3.63) is 35.1 Å². The van der Waals surface area contributed by atoms with Gasteiger partial charge in [0.2, 0.25) is 0 Å². The predicted molar refractivity (Wildman–Crippen MR) is 68.4 cm³/mol. The highest BCUT2D eigenvalue weighted by Gasteiger charge is 2.10. The van der Waals surface area contributed by atoms with E-state index in [-0.39, 0.29) is 0 Å². The van der Waals surface area contributed by atoms with Crippen molar-refractivity contribution < 1.29 is 4.74 Å². The lowest BCUT2D eigenvalue weighted by molar-refractivity contribution is 0.414. The fourth-order valence-electron chi connectivity index (χ4n) is 1.47. The zero-order valence-corrected chi connectivity index (χ0v) is 10.6.